The molecule has 0 radical (unpaired) electrons. The van der Waals surface area contributed by atoms with E-state index in [9.17, 15) is 4.79 Å². The van der Waals surface area contributed by atoms with E-state index in [4.69, 9.17) is 21.1 Å². The number of pyridine rings is 1. The molecule has 0 N–H and O–H groups in total. The molecular weight excluding hydrogens is 290 g/mol. The van der Waals surface area contributed by atoms with Crippen molar-refractivity contribution < 1.29 is 14.3 Å². The predicted octanol–water partition coefficient (Wildman–Crippen LogP) is 3.75. The van der Waals surface area contributed by atoms with Gasteiger partial charge >= 0.3 is 5.97 Å². The number of carbonyl (C=O) groups is 1. The second-order valence-corrected chi connectivity index (χ2v) is 5.58. The topological polar surface area (TPSA) is 48.4 Å². The summed E-state index contributed by atoms with van der Waals surface area (Å²) >= 11 is 5.98. The molecule has 1 aliphatic carbocycles. The maximum atomic E-state index is 12.2. The van der Waals surface area contributed by atoms with Gasteiger partial charge in [-0.1, -0.05) is 11.6 Å². The van der Waals surface area contributed by atoms with Crippen molar-refractivity contribution in [2.75, 3.05) is 6.61 Å². The lowest BCUT2D eigenvalue weighted by Crippen LogP contribution is -2.51. The molecule has 1 saturated carbocycles. The van der Waals surface area contributed by atoms with Crippen molar-refractivity contribution in [3.05, 3.63) is 35.5 Å². The van der Waals surface area contributed by atoms with Gasteiger partial charge in [-0.05, 0) is 50.5 Å². The van der Waals surface area contributed by atoms with E-state index in [1.54, 1.807) is 31.3 Å². The van der Waals surface area contributed by atoms with E-state index in [1.165, 1.54) is 0 Å². The van der Waals surface area contributed by atoms with Crippen LogP contribution in [0.1, 0.15) is 26.2 Å². The Morgan fingerprint density at radius 2 is 2.19 bits per heavy atom. The van der Waals surface area contributed by atoms with Gasteiger partial charge in [-0.3, -0.25) is 4.98 Å². The molecule has 0 bridgehead atoms. The third-order valence-corrected chi connectivity index (χ3v) is 4.01. The number of carbonyl (C=O) groups excluding carboxylic acids is 1. The molecule has 0 atom stereocenters. The van der Waals surface area contributed by atoms with E-state index < -0.39 is 5.60 Å². The van der Waals surface area contributed by atoms with Crippen molar-refractivity contribution >= 4 is 28.5 Å². The number of esters is 1. The number of rotatable bonds is 4. The third-order valence-electron chi connectivity index (χ3n) is 3.78. The van der Waals surface area contributed by atoms with Gasteiger partial charge in [0.25, 0.3) is 0 Å². The first-order valence-electron chi connectivity index (χ1n) is 7.05. The zero-order valence-corrected chi connectivity index (χ0v) is 12.5. The molecule has 0 saturated heterocycles. The lowest BCUT2D eigenvalue weighted by Gasteiger charge is -2.39. The third kappa shape index (κ3) is 2.56. The van der Waals surface area contributed by atoms with Crippen molar-refractivity contribution in [1.82, 2.24) is 4.98 Å². The zero-order valence-electron chi connectivity index (χ0n) is 11.8. The van der Waals surface area contributed by atoms with Gasteiger partial charge in [-0.15, -0.1) is 0 Å². The minimum absolute atomic E-state index is 0.282. The molecule has 0 amide bonds. The number of halogens is 1. The Hall–Kier alpha value is -1.81. The summed E-state index contributed by atoms with van der Waals surface area (Å²) in [5.41, 5.74) is -0.0949. The fraction of sp³-hybridized carbons (Fsp3) is 0.375. The largest absolute Gasteiger partial charge is 0.475 e. The number of aromatic nitrogens is 1. The Morgan fingerprint density at radius 3 is 2.86 bits per heavy atom. The molecular formula is C16H16ClNO3. The fourth-order valence-electron chi connectivity index (χ4n) is 2.50. The summed E-state index contributed by atoms with van der Waals surface area (Å²) in [6.07, 6.45) is 3.99. The molecule has 1 aliphatic rings. The quantitative estimate of drug-likeness (QED) is 0.807. The van der Waals surface area contributed by atoms with Crippen LogP contribution in [0, 0.1) is 0 Å². The van der Waals surface area contributed by atoms with Crippen LogP contribution < -0.4 is 4.74 Å². The van der Waals surface area contributed by atoms with Crippen molar-refractivity contribution in [2.24, 2.45) is 0 Å². The molecule has 0 spiro atoms. The minimum atomic E-state index is -0.843. The maximum Gasteiger partial charge on any atom is 0.350 e. The fourth-order valence-corrected chi connectivity index (χ4v) is 2.67. The minimum Gasteiger partial charge on any atom is -0.475 e. The molecule has 1 heterocycles. The molecule has 0 unspecified atom stereocenters. The summed E-state index contributed by atoms with van der Waals surface area (Å²) < 4.78 is 11.2. The van der Waals surface area contributed by atoms with E-state index in [1.807, 2.05) is 6.07 Å². The Labute approximate surface area is 128 Å². The van der Waals surface area contributed by atoms with Gasteiger partial charge in [0.15, 0.2) is 0 Å². The van der Waals surface area contributed by atoms with Crippen LogP contribution in [0.3, 0.4) is 0 Å². The van der Waals surface area contributed by atoms with E-state index in [0.29, 0.717) is 30.2 Å². The van der Waals surface area contributed by atoms with Crippen LogP contribution in [0.25, 0.3) is 10.9 Å². The molecule has 21 heavy (non-hydrogen) atoms. The van der Waals surface area contributed by atoms with E-state index >= 15 is 0 Å². The standard InChI is InChI=1S/C16H16ClNO3/c1-2-20-15(19)16(7-3-8-16)21-14-6-9-18-13-10-11(17)4-5-12(13)14/h4-6,9-10H,2-3,7-8H2,1H3. The van der Waals surface area contributed by atoms with Gasteiger partial charge in [0, 0.05) is 16.6 Å². The van der Waals surface area contributed by atoms with Crippen molar-refractivity contribution in [3.63, 3.8) is 0 Å². The maximum absolute atomic E-state index is 12.2. The van der Waals surface area contributed by atoms with Crippen LogP contribution in [0.5, 0.6) is 5.75 Å². The molecule has 1 fully saturated rings. The van der Waals surface area contributed by atoms with E-state index in [0.717, 1.165) is 17.3 Å². The average Bonchev–Trinajstić information content (AvgIpc) is 2.42. The smallest absolute Gasteiger partial charge is 0.350 e. The molecule has 110 valence electrons. The lowest BCUT2D eigenvalue weighted by molar-refractivity contribution is -0.169. The summed E-state index contributed by atoms with van der Waals surface area (Å²) in [5.74, 6) is 0.361. The Balaban J connectivity index is 1.95. The molecule has 2 aromatic rings. The number of benzene rings is 1. The number of nitrogens with zero attached hydrogens (tertiary/aromatic N) is 1. The Bertz CT molecular complexity index is 682. The molecule has 0 aliphatic heterocycles. The van der Waals surface area contributed by atoms with Crippen molar-refractivity contribution in [2.45, 2.75) is 31.8 Å². The van der Waals surface area contributed by atoms with Gasteiger partial charge in [-0.2, -0.15) is 0 Å². The van der Waals surface area contributed by atoms with Crippen LogP contribution >= 0.6 is 11.6 Å². The second kappa shape index (κ2) is 5.53. The predicted molar refractivity (Wildman–Crippen MR) is 80.6 cm³/mol. The van der Waals surface area contributed by atoms with Gasteiger partial charge in [0.05, 0.1) is 12.1 Å². The van der Waals surface area contributed by atoms with Gasteiger partial charge in [0.1, 0.15) is 5.75 Å². The van der Waals surface area contributed by atoms with Crippen molar-refractivity contribution in [1.29, 1.82) is 0 Å². The second-order valence-electron chi connectivity index (χ2n) is 5.14. The van der Waals surface area contributed by atoms with E-state index in [-0.39, 0.29) is 5.97 Å². The molecule has 5 heteroatoms. The first kappa shape index (κ1) is 14.1. The highest BCUT2D eigenvalue weighted by molar-refractivity contribution is 6.31. The molecule has 4 nitrogen and oxygen atoms in total. The van der Waals surface area contributed by atoms with E-state index in [2.05, 4.69) is 4.98 Å². The molecule has 1 aromatic carbocycles. The first-order chi connectivity index (χ1) is 10.1. The Morgan fingerprint density at radius 1 is 1.38 bits per heavy atom. The summed E-state index contributed by atoms with van der Waals surface area (Å²) in [6.45, 7) is 2.16. The number of hydrogen-bond donors (Lipinski definition) is 0. The van der Waals surface area contributed by atoms with Gasteiger partial charge in [-0.25, -0.2) is 4.79 Å². The summed E-state index contributed by atoms with van der Waals surface area (Å²) in [6, 6.07) is 7.20. The summed E-state index contributed by atoms with van der Waals surface area (Å²) in [7, 11) is 0. The first-order valence-corrected chi connectivity index (χ1v) is 7.43. The van der Waals surface area contributed by atoms with Crippen LogP contribution in [0.15, 0.2) is 30.5 Å². The normalized spacial score (nSPS) is 16.3. The van der Waals surface area contributed by atoms with Gasteiger partial charge < -0.3 is 9.47 Å². The summed E-state index contributed by atoms with van der Waals surface area (Å²) in [4.78, 5) is 16.4. The number of ether oxygens (including phenoxy) is 2. The highest BCUT2D eigenvalue weighted by Crippen LogP contribution is 2.39. The zero-order chi connectivity index (χ0) is 14.9. The number of fused-ring (bicyclic) bond motifs is 1. The molecule has 3 rings (SSSR count). The van der Waals surface area contributed by atoms with Crippen LogP contribution in [-0.4, -0.2) is 23.2 Å². The highest BCUT2D eigenvalue weighted by Gasteiger charge is 2.48. The van der Waals surface area contributed by atoms with Gasteiger partial charge in [0.2, 0.25) is 5.60 Å². The molecule has 1 aromatic heterocycles. The van der Waals surface area contributed by atoms with Crippen LogP contribution in [-0.2, 0) is 9.53 Å². The highest BCUT2D eigenvalue weighted by atomic mass is 35.5. The van der Waals surface area contributed by atoms with Crippen molar-refractivity contribution in [3.8, 4) is 5.75 Å². The van der Waals surface area contributed by atoms with Crippen LogP contribution in [0.4, 0.5) is 0 Å². The Kier molecular flexibility index (Phi) is 3.72. The number of hydrogen-bond acceptors (Lipinski definition) is 4. The monoisotopic (exact) mass is 305 g/mol. The SMILES string of the molecule is CCOC(=O)C1(Oc2ccnc3cc(Cl)ccc23)CCC1. The summed E-state index contributed by atoms with van der Waals surface area (Å²) in [5, 5.41) is 1.47. The lowest BCUT2D eigenvalue weighted by atomic mass is 9.80. The average molecular weight is 306 g/mol. The van der Waals surface area contributed by atoms with Crippen LogP contribution in [0.2, 0.25) is 5.02 Å².